The molecule has 4 N–H and O–H groups in total. The van der Waals surface area contributed by atoms with Gasteiger partial charge in [0.2, 0.25) is 0 Å². The average Bonchev–Trinajstić information content (AvgIpc) is 2.43. The van der Waals surface area contributed by atoms with Gasteiger partial charge in [-0.2, -0.15) is 0 Å². The highest BCUT2D eigenvalue weighted by Gasteiger charge is 2.17. The molecule has 0 radical (unpaired) electrons. The number of ether oxygens (including phenoxy) is 2. The van der Waals surface area contributed by atoms with Gasteiger partial charge in [0, 0.05) is 12.1 Å². The van der Waals surface area contributed by atoms with Gasteiger partial charge in [0.05, 0.1) is 18.2 Å². The highest BCUT2D eigenvalue weighted by atomic mass is 79.9. The van der Waals surface area contributed by atoms with E-state index in [0.29, 0.717) is 22.5 Å². The SMILES string of the molecule is COc1cc(CNC(C)(C)CO)cc(Br)c1OCC(N)=O.Cl. The van der Waals surface area contributed by atoms with Crippen LogP contribution in [0.4, 0.5) is 0 Å². The molecule has 1 amide bonds. The fourth-order valence-electron chi connectivity index (χ4n) is 1.56. The van der Waals surface area contributed by atoms with Gasteiger partial charge < -0.3 is 25.6 Å². The molecule has 0 heterocycles. The largest absolute Gasteiger partial charge is 0.493 e. The van der Waals surface area contributed by atoms with E-state index in [1.807, 2.05) is 26.0 Å². The number of rotatable bonds is 8. The number of hydrogen-bond donors (Lipinski definition) is 3. The van der Waals surface area contributed by atoms with Crippen LogP contribution in [-0.4, -0.2) is 36.9 Å². The number of carbonyl (C=O) groups excluding carboxylic acids is 1. The first kappa shape index (κ1) is 21.0. The number of nitrogens with two attached hydrogens (primary N) is 1. The maximum atomic E-state index is 10.8. The van der Waals surface area contributed by atoms with Crippen LogP contribution < -0.4 is 20.5 Å². The van der Waals surface area contributed by atoms with Gasteiger partial charge in [-0.1, -0.05) is 0 Å². The molecule has 0 bridgehead atoms. The summed E-state index contributed by atoms with van der Waals surface area (Å²) >= 11 is 3.39. The Morgan fingerprint density at radius 3 is 2.59 bits per heavy atom. The minimum Gasteiger partial charge on any atom is -0.493 e. The number of primary amides is 1. The molecular formula is C14H22BrClN2O4. The summed E-state index contributed by atoms with van der Waals surface area (Å²) in [5, 5.41) is 12.5. The van der Waals surface area contributed by atoms with Crippen molar-refractivity contribution < 1.29 is 19.4 Å². The van der Waals surface area contributed by atoms with Crippen molar-refractivity contribution in [2.24, 2.45) is 5.73 Å². The summed E-state index contributed by atoms with van der Waals surface area (Å²) in [5.41, 5.74) is 5.65. The molecule has 0 atom stereocenters. The smallest absolute Gasteiger partial charge is 0.255 e. The van der Waals surface area contributed by atoms with E-state index in [1.165, 1.54) is 7.11 Å². The topological polar surface area (TPSA) is 93.8 Å². The van der Waals surface area contributed by atoms with Gasteiger partial charge in [-0.25, -0.2) is 0 Å². The molecule has 0 spiro atoms. The van der Waals surface area contributed by atoms with Crippen molar-refractivity contribution in [1.82, 2.24) is 5.32 Å². The van der Waals surface area contributed by atoms with E-state index >= 15 is 0 Å². The quantitative estimate of drug-likeness (QED) is 0.619. The van der Waals surface area contributed by atoms with Gasteiger partial charge in [-0.3, -0.25) is 4.79 Å². The molecular weight excluding hydrogens is 376 g/mol. The predicted octanol–water partition coefficient (Wildman–Crippen LogP) is 1.60. The Hall–Kier alpha value is -1.02. The lowest BCUT2D eigenvalue weighted by Crippen LogP contribution is -2.42. The van der Waals surface area contributed by atoms with Gasteiger partial charge in [0.1, 0.15) is 0 Å². The van der Waals surface area contributed by atoms with Gasteiger partial charge in [0.25, 0.3) is 5.91 Å². The van der Waals surface area contributed by atoms with Crippen molar-refractivity contribution in [2.75, 3.05) is 20.3 Å². The number of aliphatic hydroxyl groups is 1. The summed E-state index contributed by atoms with van der Waals surface area (Å²) in [5.74, 6) is 0.380. The molecule has 1 rings (SSSR count). The van der Waals surface area contributed by atoms with Crippen molar-refractivity contribution in [2.45, 2.75) is 25.9 Å². The average molecular weight is 398 g/mol. The van der Waals surface area contributed by atoms with Crippen molar-refractivity contribution >= 4 is 34.2 Å². The van der Waals surface area contributed by atoms with Crippen molar-refractivity contribution in [3.63, 3.8) is 0 Å². The van der Waals surface area contributed by atoms with E-state index in [2.05, 4.69) is 21.2 Å². The standard InChI is InChI=1S/C14H21BrN2O4.ClH/c1-14(2,8-18)17-6-9-4-10(15)13(11(5-9)20-3)21-7-12(16)19;/h4-5,17-18H,6-8H2,1-3H3,(H2,16,19);1H. The van der Waals surface area contributed by atoms with Crippen LogP contribution in [0.5, 0.6) is 11.5 Å². The van der Waals surface area contributed by atoms with Crippen molar-refractivity contribution in [3.05, 3.63) is 22.2 Å². The summed E-state index contributed by atoms with van der Waals surface area (Å²) in [6, 6.07) is 3.67. The lowest BCUT2D eigenvalue weighted by atomic mass is 10.1. The molecule has 8 heteroatoms. The molecule has 0 aliphatic heterocycles. The molecule has 0 fully saturated rings. The molecule has 6 nitrogen and oxygen atoms in total. The van der Waals surface area contributed by atoms with Crippen LogP contribution in [0.2, 0.25) is 0 Å². The Morgan fingerprint density at radius 1 is 1.45 bits per heavy atom. The Morgan fingerprint density at radius 2 is 2.09 bits per heavy atom. The number of halogens is 2. The van der Waals surface area contributed by atoms with Gasteiger partial charge in [0.15, 0.2) is 18.1 Å². The predicted molar refractivity (Wildman–Crippen MR) is 90.6 cm³/mol. The maximum absolute atomic E-state index is 10.8. The minimum atomic E-state index is -0.556. The Kier molecular flexibility index (Phi) is 8.77. The fraction of sp³-hybridized carbons (Fsp3) is 0.500. The highest BCUT2D eigenvalue weighted by molar-refractivity contribution is 9.10. The van der Waals surface area contributed by atoms with Gasteiger partial charge >= 0.3 is 0 Å². The van der Waals surface area contributed by atoms with E-state index in [0.717, 1.165) is 5.56 Å². The second kappa shape index (κ2) is 9.19. The molecule has 126 valence electrons. The summed E-state index contributed by atoms with van der Waals surface area (Å²) in [7, 11) is 1.52. The molecule has 0 aliphatic carbocycles. The molecule has 0 saturated carbocycles. The molecule has 1 aromatic rings. The second-order valence-corrected chi connectivity index (χ2v) is 6.11. The van der Waals surface area contributed by atoms with Crippen LogP contribution >= 0.6 is 28.3 Å². The highest BCUT2D eigenvalue weighted by Crippen LogP contribution is 2.36. The van der Waals surface area contributed by atoms with Crippen molar-refractivity contribution in [3.8, 4) is 11.5 Å². The molecule has 0 aliphatic rings. The molecule has 0 aromatic heterocycles. The van der Waals surface area contributed by atoms with E-state index in [9.17, 15) is 9.90 Å². The number of nitrogens with one attached hydrogen (secondary N) is 1. The Bertz CT molecular complexity index is 512. The minimum absolute atomic E-state index is 0. The monoisotopic (exact) mass is 396 g/mol. The summed E-state index contributed by atoms with van der Waals surface area (Å²) in [4.78, 5) is 10.8. The van der Waals surface area contributed by atoms with E-state index < -0.39 is 5.91 Å². The molecule has 0 saturated heterocycles. The third kappa shape index (κ3) is 6.39. The first-order valence-electron chi connectivity index (χ1n) is 6.42. The molecule has 22 heavy (non-hydrogen) atoms. The van der Waals surface area contributed by atoms with E-state index in [1.54, 1.807) is 0 Å². The third-order valence-electron chi connectivity index (χ3n) is 2.81. The zero-order valence-electron chi connectivity index (χ0n) is 12.8. The fourth-order valence-corrected chi connectivity index (χ4v) is 2.16. The number of amides is 1. The molecule has 1 aromatic carbocycles. The third-order valence-corrected chi connectivity index (χ3v) is 3.40. The van der Waals surface area contributed by atoms with Crippen LogP contribution in [0.1, 0.15) is 19.4 Å². The zero-order valence-corrected chi connectivity index (χ0v) is 15.2. The number of benzene rings is 1. The number of aliphatic hydroxyl groups excluding tert-OH is 1. The molecule has 0 unspecified atom stereocenters. The zero-order chi connectivity index (χ0) is 16.0. The van der Waals surface area contributed by atoms with Crippen LogP contribution in [0.25, 0.3) is 0 Å². The first-order chi connectivity index (χ1) is 9.79. The lowest BCUT2D eigenvalue weighted by Gasteiger charge is -2.24. The Labute approximate surface area is 144 Å². The number of carbonyl (C=O) groups is 1. The number of methoxy groups -OCH3 is 1. The number of hydrogen-bond acceptors (Lipinski definition) is 5. The van der Waals surface area contributed by atoms with E-state index in [4.69, 9.17) is 15.2 Å². The van der Waals surface area contributed by atoms with Gasteiger partial charge in [-0.05, 0) is 47.5 Å². The Balaban J connectivity index is 0.00000441. The summed E-state index contributed by atoms with van der Waals surface area (Å²) in [6.07, 6.45) is 0. The lowest BCUT2D eigenvalue weighted by molar-refractivity contribution is -0.119. The van der Waals surface area contributed by atoms with Crippen LogP contribution in [-0.2, 0) is 11.3 Å². The van der Waals surface area contributed by atoms with Crippen molar-refractivity contribution in [1.29, 1.82) is 0 Å². The summed E-state index contributed by atoms with van der Waals surface area (Å²) in [6.45, 7) is 4.18. The van der Waals surface area contributed by atoms with Crippen LogP contribution in [0, 0.1) is 0 Å². The van der Waals surface area contributed by atoms with Crippen LogP contribution in [0.3, 0.4) is 0 Å². The van der Waals surface area contributed by atoms with E-state index in [-0.39, 0.29) is 31.2 Å². The maximum Gasteiger partial charge on any atom is 0.255 e. The summed E-state index contributed by atoms with van der Waals surface area (Å²) < 4.78 is 11.3. The second-order valence-electron chi connectivity index (χ2n) is 5.26. The van der Waals surface area contributed by atoms with Crippen LogP contribution in [0.15, 0.2) is 16.6 Å². The van der Waals surface area contributed by atoms with Gasteiger partial charge in [-0.15, -0.1) is 12.4 Å². The normalized spacial score (nSPS) is 10.8. The first-order valence-corrected chi connectivity index (χ1v) is 7.22.